The third kappa shape index (κ3) is 1.64. The first-order valence-electron chi connectivity index (χ1n) is 4.45. The Kier molecular flexibility index (Phi) is 2.27. The lowest BCUT2D eigenvalue weighted by Gasteiger charge is -2.04. The summed E-state index contributed by atoms with van der Waals surface area (Å²) in [5.41, 5.74) is 2.69. The summed E-state index contributed by atoms with van der Waals surface area (Å²) in [7, 11) is 0. The standard InChI is InChI=1S/C12H10FN/c1-9-12(7-11(13)8-14-9)10-5-3-2-4-6-10/h2-8H,1H3. The van der Waals surface area contributed by atoms with Gasteiger partial charge in [0.05, 0.1) is 6.20 Å². The van der Waals surface area contributed by atoms with Crippen molar-refractivity contribution in [2.45, 2.75) is 6.92 Å². The fourth-order valence-corrected chi connectivity index (χ4v) is 1.42. The van der Waals surface area contributed by atoms with E-state index in [1.807, 2.05) is 37.3 Å². The summed E-state index contributed by atoms with van der Waals surface area (Å²) in [6.07, 6.45) is 1.24. The molecule has 2 heteroatoms. The van der Waals surface area contributed by atoms with E-state index in [-0.39, 0.29) is 5.82 Å². The van der Waals surface area contributed by atoms with Gasteiger partial charge in [0, 0.05) is 11.3 Å². The van der Waals surface area contributed by atoms with Gasteiger partial charge in [-0.1, -0.05) is 30.3 Å². The predicted octanol–water partition coefficient (Wildman–Crippen LogP) is 3.20. The fraction of sp³-hybridized carbons (Fsp3) is 0.0833. The Morgan fingerprint density at radius 3 is 2.57 bits per heavy atom. The van der Waals surface area contributed by atoms with Crippen LogP contribution in [0.2, 0.25) is 0 Å². The van der Waals surface area contributed by atoms with E-state index in [0.29, 0.717) is 0 Å². The van der Waals surface area contributed by atoms with Gasteiger partial charge in [0.2, 0.25) is 0 Å². The number of hydrogen-bond donors (Lipinski definition) is 0. The maximum atomic E-state index is 13.0. The Hall–Kier alpha value is -1.70. The molecule has 1 aromatic carbocycles. The minimum absolute atomic E-state index is 0.297. The van der Waals surface area contributed by atoms with E-state index in [1.165, 1.54) is 12.3 Å². The Labute approximate surface area is 82.2 Å². The molecule has 0 atom stereocenters. The number of rotatable bonds is 1. The van der Waals surface area contributed by atoms with E-state index in [1.54, 1.807) is 0 Å². The number of benzene rings is 1. The SMILES string of the molecule is Cc1ncc(F)cc1-c1ccccc1. The number of aromatic nitrogens is 1. The molecule has 2 aromatic rings. The number of nitrogens with zero attached hydrogens (tertiary/aromatic N) is 1. The maximum Gasteiger partial charge on any atom is 0.142 e. The summed E-state index contributed by atoms with van der Waals surface area (Å²) in [6, 6.07) is 11.2. The Morgan fingerprint density at radius 1 is 1.14 bits per heavy atom. The zero-order valence-electron chi connectivity index (χ0n) is 7.87. The molecule has 2 rings (SSSR count). The molecule has 0 radical (unpaired) electrons. The fourth-order valence-electron chi connectivity index (χ4n) is 1.42. The van der Waals surface area contributed by atoms with Crippen LogP contribution in [-0.4, -0.2) is 4.98 Å². The number of halogens is 1. The van der Waals surface area contributed by atoms with Crippen LogP contribution >= 0.6 is 0 Å². The van der Waals surface area contributed by atoms with Gasteiger partial charge >= 0.3 is 0 Å². The molecular formula is C12H10FN. The average Bonchev–Trinajstić information content (AvgIpc) is 2.23. The van der Waals surface area contributed by atoms with Crippen LogP contribution in [-0.2, 0) is 0 Å². The highest BCUT2D eigenvalue weighted by Gasteiger charge is 2.03. The quantitative estimate of drug-likeness (QED) is 0.668. The summed E-state index contributed by atoms with van der Waals surface area (Å²) >= 11 is 0. The van der Waals surface area contributed by atoms with Crippen molar-refractivity contribution in [3.05, 3.63) is 54.1 Å². The molecule has 0 spiro atoms. The van der Waals surface area contributed by atoms with Crippen LogP contribution in [0.3, 0.4) is 0 Å². The van der Waals surface area contributed by atoms with Gasteiger partial charge in [-0.3, -0.25) is 4.98 Å². The van der Waals surface area contributed by atoms with E-state index in [9.17, 15) is 4.39 Å². The Morgan fingerprint density at radius 2 is 1.86 bits per heavy atom. The lowest BCUT2D eigenvalue weighted by Crippen LogP contribution is -1.89. The van der Waals surface area contributed by atoms with E-state index < -0.39 is 0 Å². The lowest BCUT2D eigenvalue weighted by molar-refractivity contribution is 0.621. The first-order chi connectivity index (χ1) is 6.77. The highest BCUT2D eigenvalue weighted by molar-refractivity contribution is 5.65. The second kappa shape index (κ2) is 3.58. The van der Waals surface area contributed by atoms with Gasteiger partial charge in [-0.2, -0.15) is 0 Å². The molecule has 0 unspecified atom stereocenters. The zero-order valence-corrected chi connectivity index (χ0v) is 7.87. The minimum Gasteiger partial charge on any atom is -0.258 e. The van der Waals surface area contributed by atoms with Gasteiger partial charge in [0.25, 0.3) is 0 Å². The first kappa shape index (κ1) is 8.88. The number of pyridine rings is 1. The summed E-state index contributed by atoms with van der Waals surface area (Å²) in [5, 5.41) is 0. The van der Waals surface area contributed by atoms with Crippen molar-refractivity contribution in [3.8, 4) is 11.1 Å². The molecule has 14 heavy (non-hydrogen) atoms. The molecule has 1 aromatic heterocycles. The highest BCUT2D eigenvalue weighted by Crippen LogP contribution is 2.21. The van der Waals surface area contributed by atoms with Crippen LogP contribution in [0.25, 0.3) is 11.1 Å². The van der Waals surface area contributed by atoms with Gasteiger partial charge in [-0.25, -0.2) is 4.39 Å². The molecule has 0 saturated heterocycles. The molecule has 0 aliphatic rings. The van der Waals surface area contributed by atoms with E-state index in [0.717, 1.165) is 16.8 Å². The summed E-state index contributed by atoms with van der Waals surface area (Å²) in [4.78, 5) is 3.98. The minimum atomic E-state index is -0.297. The zero-order chi connectivity index (χ0) is 9.97. The largest absolute Gasteiger partial charge is 0.258 e. The number of aryl methyl sites for hydroxylation is 1. The normalized spacial score (nSPS) is 10.1. The van der Waals surface area contributed by atoms with Crippen molar-refractivity contribution < 1.29 is 4.39 Å². The van der Waals surface area contributed by atoms with Crippen LogP contribution in [0, 0.1) is 12.7 Å². The lowest BCUT2D eigenvalue weighted by atomic mass is 10.1. The van der Waals surface area contributed by atoms with Crippen molar-refractivity contribution in [1.29, 1.82) is 0 Å². The smallest absolute Gasteiger partial charge is 0.142 e. The summed E-state index contributed by atoms with van der Waals surface area (Å²) in [5.74, 6) is -0.297. The van der Waals surface area contributed by atoms with Crippen LogP contribution in [0.1, 0.15) is 5.69 Å². The molecule has 1 heterocycles. The predicted molar refractivity (Wildman–Crippen MR) is 54.4 cm³/mol. The van der Waals surface area contributed by atoms with E-state index in [2.05, 4.69) is 4.98 Å². The molecule has 0 bridgehead atoms. The highest BCUT2D eigenvalue weighted by atomic mass is 19.1. The van der Waals surface area contributed by atoms with Crippen LogP contribution < -0.4 is 0 Å². The second-order valence-corrected chi connectivity index (χ2v) is 3.15. The first-order valence-corrected chi connectivity index (χ1v) is 4.45. The van der Waals surface area contributed by atoms with Crippen molar-refractivity contribution >= 4 is 0 Å². The van der Waals surface area contributed by atoms with Crippen LogP contribution in [0.15, 0.2) is 42.6 Å². The van der Waals surface area contributed by atoms with Gasteiger partial charge in [0.1, 0.15) is 5.82 Å². The second-order valence-electron chi connectivity index (χ2n) is 3.15. The number of hydrogen-bond acceptors (Lipinski definition) is 1. The molecular weight excluding hydrogens is 177 g/mol. The molecule has 0 saturated carbocycles. The maximum absolute atomic E-state index is 13.0. The molecule has 70 valence electrons. The van der Waals surface area contributed by atoms with Crippen molar-refractivity contribution in [2.24, 2.45) is 0 Å². The van der Waals surface area contributed by atoms with Crippen LogP contribution in [0.4, 0.5) is 4.39 Å². The Balaban J connectivity index is 2.57. The molecule has 0 N–H and O–H groups in total. The van der Waals surface area contributed by atoms with E-state index >= 15 is 0 Å². The third-order valence-electron chi connectivity index (χ3n) is 2.14. The third-order valence-corrected chi connectivity index (χ3v) is 2.14. The van der Waals surface area contributed by atoms with Crippen molar-refractivity contribution in [2.75, 3.05) is 0 Å². The molecule has 0 aliphatic heterocycles. The summed E-state index contributed by atoms with van der Waals surface area (Å²) in [6.45, 7) is 1.88. The van der Waals surface area contributed by atoms with E-state index in [4.69, 9.17) is 0 Å². The molecule has 0 amide bonds. The van der Waals surface area contributed by atoms with Crippen molar-refractivity contribution in [1.82, 2.24) is 4.98 Å². The molecule has 1 nitrogen and oxygen atoms in total. The van der Waals surface area contributed by atoms with Gasteiger partial charge in [0.15, 0.2) is 0 Å². The van der Waals surface area contributed by atoms with Crippen molar-refractivity contribution in [3.63, 3.8) is 0 Å². The topological polar surface area (TPSA) is 12.9 Å². The molecule has 0 aliphatic carbocycles. The summed E-state index contributed by atoms with van der Waals surface area (Å²) < 4.78 is 13.0. The monoisotopic (exact) mass is 187 g/mol. The molecule has 0 fully saturated rings. The Bertz CT molecular complexity index is 437. The van der Waals surface area contributed by atoms with Gasteiger partial charge in [-0.15, -0.1) is 0 Å². The van der Waals surface area contributed by atoms with Crippen LogP contribution in [0.5, 0.6) is 0 Å². The van der Waals surface area contributed by atoms with Gasteiger partial charge < -0.3 is 0 Å². The van der Waals surface area contributed by atoms with Gasteiger partial charge in [-0.05, 0) is 18.6 Å². The average molecular weight is 187 g/mol.